The van der Waals surface area contributed by atoms with Crippen molar-refractivity contribution in [3.8, 4) is 11.3 Å². The third-order valence-corrected chi connectivity index (χ3v) is 3.16. The Hall–Kier alpha value is -2.49. The Morgan fingerprint density at radius 2 is 2.11 bits per heavy atom. The summed E-state index contributed by atoms with van der Waals surface area (Å²) in [5.74, 6) is -0.409. The fourth-order valence-corrected chi connectivity index (χ4v) is 2.27. The molecule has 0 spiro atoms. The molecule has 0 unspecified atom stereocenters. The summed E-state index contributed by atoms with van der Waals surface area (Å²) in [6.45, 7) is 1.85. The van der Waals surface area contributed by atoms with Crippen LogP contribution in [0.25, 0.3) is 22.2 Å². The molecule has 0 aliphatic rings. The first-order valence-electron chi connectivity index (χ1n) is 5.72. The smallest absolute Gasteiger partial charge is 0.250 e. The molecule has 2 heterocycles. The number of benzene rings is 1. The van der Waals surface area contributed by atoms with Crippen molar-refractivity contribution in [2.45, 2.75) is 6.92 Å². The summed E-state index contributed by atoms with van der Waals surface area (Å²) in [4.78, 5) is 17.7. The van der Waals surface area contributed by atoms with Gasteiger partial charge in [0.1, 0.15) is 0 Å². The second-order valence-electron chi connectivity index (χ2n) is 4.33. The predicted octanol–water partition coefficient (Wildman–Crippen LogP) is 2.57. The average Bonchev–Trinajstić information content (AvgIpc) is 2.94. The second kappa shape index (κ2) is 3.77. The molecule has 0 bridgehead atoms. The van der Waals surface area contributed by atoms with Crippen LogP contribution in [0.5, 0.6) is 0 Å². The summed E-state index contributed by atoms with van der Waals surface area (Å²) >= 11 is 0. The summed E-state index contributed by atoms with van der Waals surface area (Å²) in [6.07, 6.45) is 1.90. The lowest BCUT2D eigenvalue weighted by atomic mass is 10.1. The highest BCUT2D eigenvalue weighted by molar-refractivity contribution is 5.98. The topological polar surface area (TPSA) is 74.7 Å². The lowest BCUT2D eigenvalue weighted by Gasteiger charge is -2.00. The number of nitrogens with two attached hydrogens (primary N) is 1. The number of amides is 1. The highest BCUT2D eigenvalue weighted by Gasteiger charge is 2.12. The average molecular weight is 239 g/mol. The summed E-state index contributed by atoms with van der Waals surface area (Å²) in [5, 5.41) is 1.14. The van der Waals surface area contributed by atoms with Crippen molar-refractivity contribution in [3.05, 3.63) is 47.8 Å². The molecule has 1 aromatic carbocycles. The SMILES string of the molecule is Cc1[nH]c(-c2cccc3cc[nH]c23)cc1C(N)=O. The highest BCUT2D eigenvalue weighted by Crippen LogP contribution is 2.28. The number of carbonyl (C=O) groups is 1. The summed E-state index contributed by atoms with van der Waals surface area (Å²) < 4.78 is 0. The standard InChI is InChI=1S/C14H13N3O/c1-8-11(14(15)18)7-12(17-8)10-4-2-3-9-5-6-16-13(9)10/h2-7,16-17H,1H3,(H2,15,18). The Kier molecular flexibility index (Phi) is 2.23. The number of aromatic amines is 2. The molecule has 2 aromatic heterocycles. The van der Waals surface area contributed by atoms with Crippen LogP contribution < -0.4 is 5.73 Å². The molecule has 4 N–H and O–H groups in total. The first-order valence-corrected chi connectivity index (χ1v) is 5.72. The molecule has 0 aliphatic carbocycles. The third kappa shape index (κ3) is 1.50. The van der Waals surface area contributed by atoms with E-state index in [9.17, 15) is 4.79 Å². The van der Waals surface area contributed by atoms with E-state index in [-0.39, 0.29) is 0 Å². The van der Waals surface area contributed by atoms with Crippen molar-refractivity contribution >= 4 is 16.8 Å². The maximum atomic E-state index is 11.3. The molecule has 1 amide bonds. The first kappa shape index (κ1) is 10.7. The van der Waals surface area contributed by atoms with Gasteiger partial charge >= 0.3 is 0 Å². The lowest BCUT2D eigenvalue weighted by Crippen LogP contribution is -2.10. The van der Waals surface area contributed by atoms with E-state index in [1.165, 1.54) is 0 Å². The minimum Gasteiger partial charge on any atom is -0.366 e. The van der Waals surface area contributed by atoms with E-state index in [2.05, 4.69) is 9.97 Å². The number of carbonyl (C=O) groups excluding carboxylic acids is 1. The molecular weight excluding hydrogens is 226 g/mol. The van der Waals surface area contributed by atoms with Gasteiger partial charge in [-0.3, -0.25) is 4.79 Å². The van der Waals surface area contributed by atoms with E-state index in [0.29, 0.717) is 5.56 Å². The maximum absolute atomic E-state index is 11.3. The molecule has 3 aromatic rings. The molecule has 3 rings (SSSR count). The zero-order chi connectivity index (χ0) is 12.7. The number of primary amides is 1. The lowest BCUT2D eigenvalue weighted by molar-refractivity contribution is 0.1000. The molecule has 0 aliphatic heterocycles. The van der Waals surface area contributed by atoms with Crippen molar-refractivity contribution in [2.75, 3.05) is 0 Å². The number of nitrogens with one attached hydrogen (secondary N) is 2. The second-order valence-corrected chi connectivity index (χ2v) is 4.33. The van der Waals surface area contributed by atoms with Gasteiger partial charge in [-0.2, -0.15) is 0 Å². The van der Waals surface area contributed by atoms with Crippen molar-refractivity contribution in [1.82, 2.24) is 9.97 Å². The fraction of sp³-hybridized carbons (Fsp3) is 0.0714. The molecule has 0 fully saturated rings. The summed E-state index contributed by atoms with van der Waals surface area (Å²) in [5.41, 5.74) is 9.64. The van der Waals surface area contributed by atoms with Crippen LogP contribution in [0.2, 0.25) is 0 Å². The molecule has 90 valence electrons. The number of para-hydroxylation sites is 1. The van der Waals surface area contributed by atoms with Gasteiger partial charge in [0.25, 0.3) is 5.91 Å². The van der Waals surface area contributed by atoms with Crippen LogP contribution in [0.15, 0.2) is 36.5 Å². The summed E-state index contributed by atoms with van der Waals surface area (Å²) in [6, 6.07) is 9.86. The van der Waals surface area contributed by atoms with Crippen molar-refractivity contribution < 1.29 is 4.79 Å². The van der Waals surface area contributed by atoms with Crippen LogP contribution in [0.3, 0.4) is 0 Å². The van der Waals surface area contributed by atoms with E-state index in [1.807, 2.05) is 37.4 Å². The fourth-order valence-electron chi connectivity index (χ4n) is 2.27. The molecule has 4 heteroatoms. The van der Waals surface area contributed by atoms with Gasteiger partial charge in [0.15, 0.2) is 0 Å². The minimum absolute atomic E-state index is 0.409. The van der Waals surface area contributed by atoms with Gasteiger partial charge in [-0.05, 0) is 19.1 Å². The van der Waals surface area contributed by atoms with Gasteiger partial charge in [0.05, 0.1) is 11.1 Å². The molecule has 0 saturated heterocycles. The highest BCUT2D eigenvalue weighted by atomic mass is 16.1. The van der Waals surface area contributed by atoms with Crippen LogP contribution >= 0.6 is 0 Å². The Morgan fingerprint density at radius 3 is 2.83 bits per heavy atom. The monoisotopic (exact) mass is 239 g/mol. The molecule has 0 atom stereocenters. The number of hydrogen-bond donors (Lipinski definition) is 3. The van der Waals surface area contributed by atoms with Crippen molar-refractivity contribution in [3.63, 3.8) is 0 Å². The number of fused-ring (bicyclic) bond motifs is 1. The predicted molar refractivity (Wildman–Crippen MR) is 71.3 cm³/mol. The van der Waals surface area contributed by atoms with E-state index in [0.717, 1.165) is 27.9 Å². The van der Waals surface area contributed by atoms with Crippen LogP contribution in [0, 0.1) is 6.92 Å². The van der Waals surface area contributed by atoms with Gasteiger partial charge in [0.2, 0.25) is 0 Å². The van der Waals surface area contributed by atoms with Crippen LogP contribution in [0.4, 0.5) is 0 Å². The van der Waals surface area contributed by atoms with E-state index in [4.69, 9.17) is 5.73 Å². The maximum Gasteiger partial charge on any atom is 0.250 e. The molecule has 0 saturated carbocycles. The molecule has 0 radical (unpaired) electrons. The Morgan fingerprint density at radius 1 is 1.28 bits per heavy atom. The van der Waals surface area contributed by atoms with Gasteiger partial charge in [-0.1, -0.05) is 18.2 Å². The molecular formula is C14H13N3O. The van der Waals surface area contributed by atoms with Crippen molar-refractivity contribution in [1.29, 1.82) is 0 Å². The number of hydrogen-bond acceptors (Lipinski definition) is 1. The van der Waals surface area contributed by atoms with E-state index < -0.39 is 5.91 Å². The quantitative estimate of drug-likeness (QED) is 0.631. The van der Waals surface area contributed by atoms with Gasteiger partial charge in [0, 0.05) is 28.5 Å². The molecule has 4 nitrogen and oxygen atoms in total. The first-order chi connectivity index (χ1) is 8.66. The summed E-state index contributed by atoms with van der Waals surface area (Å²) in [7, 11) is 0. The number of aromatic nitrogens is 2. The van der Waals surface area contributed by atoms with Crippen LogP contribution in [-0.2, 0) is 0 Å². The molecule has 18 heavy (non-hydrogen) atoms. The number of H-pyrrole nitrogens is 2. The van der Waals surface area contributed by atoms with Gasteiger partial charge in [-0.25, -0.2) is 0 Å². The van der Waals surface area contributed by atoms with E-state index in [1.54, 1.807) is 6.07 Å². The Balaban J connectivity index is 2.23. The Bertz CT molecular complexity index is 736. The van der Waals surface area contributed by atoms with Crippen LogP contribution in [0.1, 0.15) is 16.1 Å². The largest absolute Gasteiger partial charge is 0.366 e. The van der Waals surface area contributed by atoms with Crippen LogP contribution in [-0.4, -0.2) is 15.9 Å². The normalized spacial score (nSPS) is 10.9. The van der Waals surface area contributed by atoms with Gasteiger partial charge in [-0.15, -0.1) is 0 Å². The number of aryl methyl sites for hydroxylation is 1. The Labute approximate surface area is 104 Å². The zero-order valence-corrected chi connectivity index (χ0v) is 9.95. The van der Waals surface area contributed by atoms with Gasteiger partial charge < -0.3 is 15.7 Å². The number of rotatable bonds is 2. The van der Waals surface area contributed by atoms with E-state index >= 15 is 0 Å². The third-order valence-electron chi connectivity index (χ3n) is 3.16. The minimum atomic E-state index is -0.409. The zero-order valence-electron chi connectivity index (χ0n) is 9.95. The van der Waals surface area contributed by atoms with Crippen molar-refractivity contribution in [2.24, 2.45) is 5.73 Å².